The predicted molar refractivity (Wildman–Crippen MR) is 145 cm³/mol. The topological polar surface area (TPSA) is 63.7 Å². The monoisotopic (exact) mass is 489 g/mol. The molecule has 2 heterocycles. The third kappa shape index (κ3) is 7.08. The number of nitrogens with zero attached hydrogens (tertiary/aromatic N) is 2. The number of rotatable bonds is 8. The van der Waals surface area contributed by atoms with E-state index in [4.69, 9.17) is 9.47 Å². The van der Waals surface area contributed by atoms with Crippen LogP contribution in [0, 0.1) is 0 Å². The number of nitrogens with one attached hydrogen (secondary N) is 1. The van der Waals surface area contributed by atoms with Crippen molar-refractivity contribution in [2.24, 2.45) is 0 Å². The Morgan fingerprint density at radius 2 is 1.61 bits per heavy atom. The molecule has 192 valence electrons. The molecule has 3 aromatic rings. The standard InChI is InChI=1S/C20H25N3O3.C10H14/c1-14-17-11-19(26-3)18(25-2)10-16(17)6-9-23(14)13-20(24)22-12-15-4-7-21-8-5-15;1-3-9-7-5-6-8-10(9)4-2/h4-5,7-8,10-11,14H,6,9,12-13H2,1-3H3,(H,22,24);5-8H,3-4H2,1-2H3. The first-order chi connectivity index (χ1) is 17.5. The molecule has 0 aliphatic carbocycles. The van der Waals surface area contributed by atoms with Gasteiger partial charge in [-0.15, -0.1) is 0 Å². The number of aryl methyl sites for hydroxylation is 2. The van der Waals surface area contributed by atoms with Crippen LogP contribution in [0.15, 0.2) is 60.9 Å². The zero-order valence-corrected chi connectivity index (χ0v) is 22.2. The van der Waals surface area contributed by atoms with Gasteiger partial charge in [-0.1, -0.05) is 38.1 Å². The number of hydrogen-bond donors (Lipinski definition) is 1. The molecule has 6 heteroatoms. The van der Waals surface area contributed by atoms with Gasteiger partial charge < -0.3 is 14.8 Å². The summed E-state index contributed by atoms with van der Waals surface area (Å²) >= 11 is 0. The Balaban J connectivity index is 0.000000303. The summed E-state index contributed by atoms with van der Waals surface area (Å²) in [6.45, 7) is 8.26. The fourth-order valence-corrected chi connectivity index (χ4v) is 4.60. The highest BCUT2D eigenvalue weighted by molar-refractivity contribution is 5.78. The second-order valence-electron chi connectivity index (χ2n) is 8.91. The molecule has 0 fully saturated rings. The lowest BCUT2D eigenvalue weighted by atomic mass is 9.93. The number of aromatic nitrogens is 1. The normalized spacial score (nSPS) is 14.8. The molecule has 2 aromatic carbocycles. The summed E-state index contributed by atoms with van der Waals surface area (Å²) in [6, 6.07) is 16.7. The quantitative estimate of drug-likeness (QED) is 0.474. The maximum atomic E-state index is 12.4. The van der Waals surface area contributed by atoms with E-state index >= 15 is 0 Å². The van der Waals surface area contributed by atoms with Crippen LogP contribution < -0.4 is 14.8 Å². The summed E-state index contributed by atoms with van der Waals surface area (Å²) in [4.78, 5) is 18.5. The Labute approximate surface area is 215 Å². The van der Waals surface area contributed by atoms with Crippen LogP contribution >= 0.6 is 0 Å². The molecule has 1 unspecified atom stereocenters. The molecule has 1 atom stereocenters. The highest BCUT2D eigenvalue weighted by atomic mass is 16.5. The Bertz CT molecular complexity index is 1090. The molecule has 1 amide bonds. The first kappa shape index (κ1) is 27.2. The number of pyridine rings is 1. The zero-order chi connectivity index (χ0) is 25.9. The van der Waals surface area contributed by atoms with Crippen LogP contribution in [-0.4, -0.2) is 43.1 Å². The van der Waals surface area contributed by atoms with E-state index in [1.165, 1.54) is 22.3 Å². The molecule has 6 nitrogen and oxygen atoms in total. The predicted octanol–water partition coefficient (Wildman–Crippen LogP) is 5.15. The summed E-state index contributed by atoms with van der Waals surface area (Å²) < 4.78 is 10.8. The smallest absolute Gasteiger partial charge is 0.234 e. The molecule has 1 aliphatic rings. The molecule has 0 radical (unpaired) electrons. The molecule has 0 saturated carbocycles. The van der Waals surface area contributed by atoms with Gasteiger partial charge in [0.15, 0.2) is 11.5 Å². The summed E-state index contributed by atoms with van der Waals surface area (Å²) in [5.74, 6) is 1.50. The molecule has 0 spiro atoms. The molecule has 4 rings (SSSR count). The van der Waals surface area contributed by atoms with E-state index in [-0.39, 0.29) is 11.9 Å². The van der Waals surface area contributed by atoms with E-state index < -0.39 is 0 Å². The second kappa shape index (κ2) is 13.6. The van der Waals surface area contributed by atoms with Gasteiger partial charge in [0.25, 0.3) is 0 Å². The minimum absolute atomic E-state index is 0.0255. The minimum Gasteiger partial charge on any atom is -0.493 e. The summed E-state index contributed by atoms with van der Waals surface area (Å²) in [5.41, 5.74) is 6.47. The summed E-state index contributed by atoms with van der Waals surface area (Å²) in [6.07, 6.45) is 6.66. The highest BCUT2D eigenvalue weighted by Gasteiger charge is 2.27. The number of carbonyl (C=O) groups is 1. The SMILES string of the molecule is CCc1ccccc1CC.COc1cc2c(cc1OC)C(C)N(CC(=O)NCc1ccncc1)CC2. The van der Waals surface area contributed by atoms with Crippen LogP contribution in [0.2, 0.25) is 0 Å². The van der Waals surface area contributed by atoms with E-state index in [0.717, 1.165) is 42.9 Å². The van der Waals surface area contributed by atoms with Crippen molar-refractivity contribution in [3.63, 3.8) is 0 Å². The van der Waals surface area contributed by atoms with Crippen molar-refractivity contribution >= 4 is 5.91 Å². The largest absolute Gasteiger partial charge is 0.493 e. The summed E-state index contributed by atoms with van der Waals surface area (Å²) in [5, 5.41) is 2.98. The number of hydrogen-bond acceptors (Lipinski definition) is 5. The van der Waals surface area contributed by atoms with Crippen LogP contribution in [0.3, 0.4) is 0 Å². The first-order valence-corrected chi connectivity index (χ1v) is 12.7. The van der Waals surface area contributed by atoms with Crippen molar-refractivity contribution in [2.75, 3.05) is 27.3 Å². The average molecular weight is 490 g/mol. The fourth-order valence-electron chi connectivity index (χ4n) is 4.60. The Hall–Kier alpha value is -3.38. The van der Waals surface area contributed by atoms with Crippen molar-refractivity contribution in [3.05, 3.63) is 88.7 Å². The van der Waals surface area contributed by atoms with Crippen LogP contribution in [-0.2, 0) is 30.6 Å². The second-order valence-corrected chi connectivity index (χ2v) is 8.91. The van der Waals surface area contributed by atoms with Crippen molar-refractivity contribution in [1.82, 2.24) is 15.2 Å². The van der Waals surface area contributed by atoms with Crippen molar-refractivity contribution in [3.8, 4) is 11.5 Å². The molecule has 0 bridgehead atoms. The fraction of sp³-hybridized carbons (Fsp3) is 0.400. The van der Waals surface area contributed by atoms with Crippen LogP contribution in [0.1, 0.15) is 54.6 Å². The molecule has 36 heavy (non-hydrogen) atoms. The Morgan fingerprint density at radius 1 is 1.00 bits per heavy atom. The first-order valence-electron chi connectivity index (χ1n) is 12.7. The lowest BCUT2D eigenvalue weighted by Crippen LogP contribution is -2.41. The number of methoxy groups -OCH3 is 2. The van der Waals surface area contributed by atoms with Crippen molar-refractivity contribution in [2.45, 2.75) is 52.6 Å². The van der Waals surface area contributed by atoms with Gasteiger partial charge >= 0.3 is 0 Å². The minimum atomic E-state index is 0.0255. The maximum Gasteiger partial charge on any atom is 0.234 e. The van der Waals surface area contributed by atoms with E-state index in [9.17, 15) is 4.79 Å². The molecule has 1 N–H and O–H groups in total. The van der Waals surface area contributed by atoms with E-state index in [1.54, 1.807) is 26.6 Å². The van der Waals surface area contributed by atoms with Crippen LogP contribution in [0.5, 0.6) is 11.5 Å². The molecular weight excluding hydrogens is 450 g/mol. The van der Waals surface area contributed by atoms with Crippen LogP contribution in [0.4, 0.5) is 0 Å². The molecule has 0 saturated heterocycles. The number of carbonyl (C=O) groups excluding carboxylic acids is 1. The third-order valence-corrected chi connectivity index (χ3v) is 6.78. The van der Waals surface area contributed by atoms with E-state index in [1.807, 2.05) is 24.3 Å². The average Bonchev–Trinajstić information content (AvgIpc) is 2.93. The lowest BCUT2D eigenvalue weighted by molar-refractivity contribution is -0.123. The maximum absolute atomic E-state index is 12.4. The number of amides is 1. The third-order valence-electron chi connectivity index (χ3n) is 6.78. The molecule has 1 aliphatic heterocycles. The lowest BCUT2D eigenvalue weighted by Gasteiger charge is -2.35. The Morgan fingerprint density at radius 3 is 2.19 bits per heavy atom. The highest BCUT2D eigenvalue weighted by Crippen LogP contribution is 2.37. The summed E-state index contributed by atoms with van der Waals surface area (Å²) in [7, 11) is 3.29. The number of benzene rings is 2. The van der Waals surface area contributed by atoms with Crippen molar-refractivity contribution < 1.29 is 14.3 Å². The van der Waals surface area contributed by atoms with E-state index in [0.29, 0.717) is 13.1 Å². The van der Waals surface area contributed by atoms with Gasteiger partial charge in [-0.2, -0.15) is 0 Å². The zero-order valence-electron chi connectivity index (χ0n) is 22.2. The van der Waals surface area contributed by atoms with Gasteiger partial charge in [-0.05, 0) is 78.3 Å². The van der Waals surface area contributed by atoms with Gasteiger partial charge in [-0.3, -0.25) is 14.7 Å². The van der Waals surface area contributed by atoms with Gasteiger partial charge in [0.2, 0.25) is 5.91 Å². The van der Waals surface area contributed by atoms with Gasteiger partial charge in [0.05, 0.1) is 20.8 Å². The van der Waals surface area contributed by atoms with Gasteiger partial charge in [0.1, 0.15) is 0 Å². The molecule has 1 aromatic heterocycles. The number of fused-ring (bicyclic) bond motifs is 1. The molecular formula is C30H39N3O3. The van der Waals surface area contributed by atoms with Crippen molar-refractivity contribution in [1.29, 1.82) is 0 Å². The van der Waals surface area contributed by atoms with Crippen LogP contribution in [0.25, 0.3) is 0 Å². The number of ether oxygens (including phenoxy) is 2. The van der Waals surface area contributed by atoms with E-state index in [2.05, 4.69) is 60.2 Å². The van der Waals surface area contributed by atoms with Gasteiger partial charge in [0, 0.05) is 31.5 Å². The van der Waals surface area contributed by atoms with Gasteiger partial charge in [-0.25, -0.2) is 0 Å². The Kier molecular flexibility index (Phi) is 10.3.